The summed E-state index contributed by atoms with van der Waals surface area (Å²) in [5.41, 5.74) is 0. The molecule has 3 unspecified atom stereocenters. The van der Waals surface area contributed by atoms with E-state index in [1.54, 1.807) is 7.05 Å². The fourth-order valence-electron chi connectivity index (χ4n) is 1.63. The second-order valence-corrected chi connectivity index (χ2v) is 4.13. The highest BCUT2D eigenvalue weighted by atomic mass is 19.3. The summed E-state index contributed by atoms with van der Waals surface area (Å²) < 4.78 is 11.8. The van der Waals surface area contributed by atoms with Crippen LogP contribution in [0.1, 0.15) is 39.0 Å². The van der Waals surface area contributed by atoms with Crippen molar-refractivity contribution < 1.29 is 19.7 Å². The molecule has 0 saturated carbocycles. The van der Waals surface area contributed by atoms with Gasteiger partial charge in [0.1, 0.15) is 6.23 Å². The molecule has 104 valence electrons. The maximum Gasteiger partial charge on any atom is 0.209 e. The van der Waals surface area contributed by atoms with Crippen LogP contribution in [-0.4, -0.2) is 42.4 Å². The van der Waals surface area contributed by atoms with Crippen molar-refractivity contribution in [1.29, 1.82) is 0 Å². The van der Waals surface area contributed by atoms with Gasteiger partial charge in [0.2, 0.25) is 6.29 Å². The predicted molar refractivity (Wildman–Crippen MR) is 63.8 cm³/mol. The Morgan fingerprint density at radius 1 is 1.24 bits per heavy atom. The molecule has 3 atom stereocenters. The van der Waals surface area contributed by atoms with Gasteiger partial charge in [-0.3, -0.25) is 5.32 Å². The molecule has 6 heteroatoms. The Morgan fingerprint density at radius 3 is 2.47 bits per heavy atom. The molecule has 0 aromatic rings. The van der Waals surface area contributed by atoms with E-state index in [1.165, 1.54) is 0 Å². The SMILES string of the molecule is CCCC(O)NCCCCC(NC)C(O)OF. The van der Waals surface area contributed by atoms with Crippen molar-refractivity contribution in [3.8, 4) is 0 Å². The van der Waals surface area contributed by atoms with Crippen LogP contribution in [0.5, 0.6) is 0 Å². The number of likely N-dealkylation sites (N-methyl/N-ethyl adjacent to an activating group) is 1. The molecule has 5 nitrogen and oxygen atoms in total. The summed E-state index contributed by atoms with van der Waals surface area (Å²) in [6, 6.07) is -0.402. The molecule has 17 heavy (non-hydrogen) atoms. The van der Waals surface area contributed by atoms with Crippen LogP contribution in [0.25, 0.3) is 0 Å². The molecule has 0 rings (SSSR count). The maximum atomic E-state index is 11.8. The molecule has 0 heterocycles. The number of unbranched alkanes of at least 4 members (excludes halogenated alkanes) is 1. The van der Waals surface area contributed by atoms with Gasteiger partial charge in [0.15, 0.2) is 0 Å². The third kappa shape index (κ3) is 8.45. The Bertz CT molecular complexity index is 175. The van der Waals surface area contributed by atoms with Crippen molar-refractivity contribution in [3.05, 3.63) is 0 Å². The molecule has 0 fully saturated rings. The minimum atomic E-state index is -1.42. The lowest BCUT2D eigenvalue weighted by atomic mass is 10.1. The van der Waals surface area contributed by atoms with E-state index in [2.05, 4.69) is 15.6 Å². The zero-order valence-electron chi connectivity index (χ0n) is 10.7. The third-order valence-electron chi connectivity index (χ3n) is 2.69. The summed E-state index contributed by atoms with van der Waals surface area (Å²) in [5, 5.41) is 24.3. The molecule has 0 aliphatic heterocycles. The van der Waals surface area contributed by atoms with Crippen molar-refractivity contribution in [2.24, 2.45) is 0 Å². The van der Waals surface area contributed by atoms with Gasteiger partial charge in [0.25, 0.3) is 0 Å². The van der Waals surface area contributed by atoms with E-state index in [9.17, 15) is 9.63 Å². The largest absolute Gasteiger partial charge is 0.379 e. The van der Waals surface area contributed by atoms with Gasteiger partial charge in [0.05, 0.1) is 6.04 Å². The fraction of sp³-hybridized carbons (Fsp3) is 1.00. The number of hydrogen-bond donors (Lipinski definition) is 4. The molecule has 0 spiro atoms. The standard InChI is InChI=1S/C11H25FN2O3/c1-3-6-10(15)14-8-5-4-7-9(13-2)11(16)17-12/h9-11,13-16H,3-8H2,1-2H3. The lowest BCUT2D eigenvalue weighted by Crippen LogP contribution is -2.38. The quantitative estimate of drug-likeness (QED) is 0.321. The van der Waals surface area contributed by atoms with E-state index < -0.39 is 18.6 Å². The molecular formula is C11H25FN2O3. The van der Waals surface area contributed by atoms with Gasteiger partial charge in [-0.15, -0.1) is 0 Å². The van der Waals surface area contributed by atoms with Gasteiger partial charge in [-0.05, 0) is 37.4 Å². The van der Waals surface area contributed by atoms with E-state index in [-0.39, 0.29) is 0 Å². The number of aliphatic hydroxyl groups is 2. The summed E-state index contributed by atoms with van der Waals surface area (Å²) in [7, 11) is 1.65. The number of aliphatic hydroxyl groups excluding tert-OH is 2. The highest BCUT2D eigenvalue weighted by Gasteiger charge is 2.17. The molecule has 0 amide bonds. The van der Waals surface area contributed by atoms with Gasteiger partial charge >= 0.3 is 0 Å². The van der Waals surface area contributed by atoms with Gasteiger partial charge in [-0.25, -0.2) is 0 Å². The van der Waals surface area contributed by atoms with Crippen LogP contribution in [0.4, 0.5) is 4.53 Å². The molecule has 0 aromatic carbocycles. The van der Waals surface area contributed by atoms with Crippen molar-refractivity contribution in [2.45, 2.75) is 57.6 Å². The van der Waals surface area contributed by atoms with Gasteiger partial charge in [0, 0.05) is 0 Å². The third-order valence-corrected chi connectivity index (χ3v) is 2.69. The lowest BCUT2D eigenvalue weighted by Gasteiger charge is -2.18. The Balaban J connectivity index is 3.49. The zero-order valence-corrected chi connectivity index (χ0v) is 10.7. The van der Waals surface area contributed by atoms with Crippen molar-refractivity contribution in [3.63, 3.8) is 0 Å². The minimum Gasteiger partial charge on any atom is -0.379 e. The smallest absolute Gasteiger partial charge is 0.209 e. The van der Waals surface area contributed by atoms with Crippen LogP contribution >= 0.6 is 0 Å². The first kappa shape index (κ1) is 16.7. The van der Waals surface area contributed by atoms with Crippen LogP contribution in [0.15, 0.2) is 0 Å². The molecule has 0 bridgehead atoms. The highest BCUT2D eigenvalue weighted by molar-refractivity contribution is 4.67. The number of halogens is 1. The van der Waals surface area contributed by atoms with Crippen LogP contribution in [0.2, 0.25) is 0 Å². The molecule has 0 radical (unpaired) electrons. The van der Waals surface area contributed by atoms with E-state index in [0.717, 1.165) is 25.7 Å². The number of nitrogens with one attached hydrogen (secondary N) is 2. The minimum absolute atomic E-state index is 0.402. The molecular weight excluding hydrogens is 227 g/mol. The van der Waals surface area contributed by atoms with E-state index in [1.807, 2.05) is 6.92 Å². The fourth-order valence-corrected chi connectivity index (χ4v) is 1.63. The van der Waals surface area contributed by atoms with E-state index >= 15 is 0 Å². The zero-order chi connectivity index (χ0) is 13.1. The normalized spacial score (nSPS) is 16.8. The average molecular weight is 252 g/mol. The molecule has 0 aromatic heterocycles. The summed E-state index contributed by atoms with van der Waals surface area (Å²) in [6.45, 7) is 2.73. The average Bonchev–Trinajstić information content (AvgIpc) is 2.33. The first-order valence-electron chi connectivity index (χ1n) is 6.19. The Kier molecular flexibility index (Phi) is 10.7. The summed E-state index contributed by atoms with van der Waals surface area (Å²) in [4.78, 5) is 3.37. The van der Waals surface area contributed by atoms with Crippen LogP contribution in [-0.2, 0) is 4.94 Å². The second-order valence-electron chi connectivity index (χ2n) is 4.13. The molecule has 0 aliphatic carbocycles. The van der Waals surface area contributed by atoms with Crippen LogP contribution in [0, 0.1) is 0 Å². The summed E-state index contributed by atoms with van der Waals surface area (Å²) in [6.07, 6.45) is 2.12. The molecule has 0 saturated heterocycles. The van der Waals surface area contributed by atoms with E-state index in [4.69, 9.17) is 5.11 Å². The van der Waals surface area contributed by atoms with E-state index in [0.29, 0.717) is 13.0 Å². The second kappa shape index (κ2) is 10.9. The predicted octanol–water partition coefficient (Wildman–Crippen LogP) is 0.672. The lowest BCUT2D eigenvalue weighted by molar-refractivity contribution is -0.266. The Labute approximate surface area is 102 Å². The monoisotopic (exact) mass is 252 g/mol. The summed E-state index contributed by atoms with van der Waals surface area (Å²) >= 11 is 0. The highest BCUT2D eigenvalue weighted by Crippen LogP contribution is 2.06. The molecule has 0 aliphatic rings. The number of rotatable bonds is 11. The first-order chi connectivity index (χ1) is 8.15. The van der Waals surface area contributed by atoms with Crippen LogP contribution < -0.4 is 10.6 Å². The first-order valence-corrected chi connectivity index (χ1v) is 6.19. The van der Waals surface area contributed by atoms with Crippen molar-refractivity contribution in [1.82, 2.24) is 10.6 Å². The maximum absolute atomic E-state index is 11.8. The Morgan fingerprint density at radius 2 is 1.94 bits per heavy atom. The Hall–Kier alpha value is -0.270. The van der Waals surface area contributed by atoms with Crippen molar-refractivity contribution in [2.75, 3.05) is 13.6 Å². The number of hydrogen-bond acceptors (Lipinski definition) is 5. The topological polar surface area (TPSA) is 73.8 Å². The van der Waals surface area contributed by atoms with Gasteiger partial charge < -0.3 is 15.5 Å². The summed E-state index contributed by atoms with van der Waals surface area (Å²) in [5.74, 6) is 0. The van der Waals surface area contributed by atoms with Gasteiger partial charge in [-0.1, -0.05) is 19.8 Å². The van der Waals surface area contributed by atoms with Crippen LogP contribution in [0.3, 0.4) is 0 Å². The van der Waals surface area contributed by atoms with Gasteiger partial charge in [-0.2, -0.15) is 4.94 Å². The van der Waals surface area contributed by atoms with Crippen molar-refractivity contribution >= 4 is 0 Å². The molecule has 4 N–H and O–H groups in total.